The van der Waals surface area contributed by atoms with E-state index in [2.05, 4.69) is 26.6 Å². The minimum Gasteiger partial charge on any atom is -0.454 e. The van der Waals surface area contributed by atoms with Crippen LogP contribution in [-0.4, -0.2) is 37.2 Å². The predicted molar refractivity (Wildman–Crippen MR) is 103 cm³/mol. The fourth-order valence-corrected chi connectivity index (χ4v) is 2.63. The van der Waals surface area contributed by atoms with Crippen molar-refractivity contribution in [2.75, 3.05) is 18.7 Å². The second kappa shape index (κ2) is 8.75. The van der Waals surface area contributed by atoms with Crippen LogP contribution in [0.5, 0.6) is 11.5 Å². The first-order chi connectivity index (χ1) is 13.4. The molecular formula is C19H17BrN2O6. The van der Waals surface area contributed by atoms with Gasteiger partial charge in [0.05, 0.1) is 0 Å². The first kappa shape index (κ1) is 19.7. The Bertz CT molecular complexity index is 900. The molecule has 2 aromatic carbocycles. The SMILES string of the molecule is CC(OC(=O)CNC(=O)c1ccc(Br)cc1)C(=O)Nc1ccc2c(c1)OCO2. The number of carbonyl (C=O) groups is 3. The van der Waals surface area contributed by atoms with Crippen LogP contribution in [-0.2, 0) is 14.3 Å². The number of esters is 1. The van der Waals surface area contributed by atoms with Gasteiger partial charge in [-0.25, -0.2) is 0 Å². The molecule has 3 rings (SSSR count). The molecule has 0 aromatic heterocycles. The summed E-state index contributed by atoms with van der Waals surface area (Å²) in [7, 11) is 0. The van der Waals surface area contributed by atoms with Gasteiger partial charge in [0.1, 0.15) is 6.54 Å². The van der Waals surface area contributed by atoms with Gasteiger partial charge in [0.2, 0.25) is 6.79 Å². The zero-order valence-electron chi connectivity index (χ0n) is 14.9. The summed E-state index contributed by atoms with van der Waals surface area (Å²) >= 11 is 3.28. The van der Waals surface area contributed by atoms with Gasteiger partial charge < -0.3 is 24.8 Å². The monoisotopic (exact) mass is 448 g/mol. The number of nitrogens with one attached hydrogen (secondary N) is 2. The lowest BCUT2D eigenvalue weighted by atomic mass is 10.2. The Hall–Kier alpha value is -3.07. The molecule has 0 radical (unpaired) electrons. The van der Waals surface area contributed by atoms with E-state index in [4.69, 9.17) is 14.2 Å². The van der Waals surface area contributed by atoms with E-state index in [0.717, 1.165) is 4.47 Å². The zero-order valence-corrected chi connectivity index (χ0v) is 16.4. The summed E-state index contributed by atoms with van der Waals surface area (Å²) in [6.07, 6.45) is -1.04. The molecule has 2 amide bonds. The van der Waals surface area contributed by atoms with E-state index >= 15 is 0 Å². The Labute approximate surface area is 169 Å². The van der Waals surface area contributed by atoms with Gasteiger partial charge in [0.15, 0.2) is 17.6 Å². The molecule has 8 nitrogen and oxygen atoms in total. The maximum Gasteiger partial charge on any atom is 0.326 e. The van der Waals surface area contributed by atoms with E-state index < -0.39 is 23.9 Å². The summed E-state index contributed by atoms with van der Waals surface area (Å²) < 4.78 is 16.3. The molecule has 9 heteroatoms. The minimum atomic E-state index is -1.04. The molecule has 0 fully saturated rings. The number of halogens is 1. The molecule has 28 heavy (non-hydrogen) atoms. The molecule has 1 aliphatic heterocycles. The van der Waals surface area contributed by atoms with Crippen LogP contribution < -0.4 is 20.1 Å². The van der Waals surface area contributed by atoms with Crippen molar-refractivity contribution < 1.29 is 28.6 Å². The third-order valence-electron chi connectivity index (χ3n) is 3.82. The van der Waals surface area contributed by atoms with E-state index in [0.29, 0.717) is 22.7 Å². The second-order valence-corrected chi connectivity index (χ2v) is 6.79. The van der Waals surface area contributed by atoms with E-state index in [1.54, 1.807) is 42.5 Å². The van der Waals surface area contributed by atoms with Crippen LogP contribution in [0.1, 0.15) is 17.3 Å². The first-order valence-corrected chi connectivity index (χ1v) is 9.15. The van der Waals surface area contributed by atoms with Crippen LogP contribution in [0.4, 0.5) is 5.69 Å². The van der Waals surface area contributed by atoms with Gasteiger partial charge in [-0.1, -0.05) is 15.9 Å². The van der Waals surface area contributed by atoms with Crippen molar-refractivity contribution in [1.82, 2.24) is 5.32 Å². The number of anilines is 1. The van der Waals surface area contributed by atoms with Crippen LogP contribution >= 0.6 is 15.9 Å². The number of fused-ring (bicyclic) bond motifs is 1. The number of ether oxygens (including phenoxy) is 3. The van der Waals surface area contributed by atoms with Crippen molar-refractivity contribution in [1.29, 1.82) is 0 Å². The number of rotatable bonds is 6. The molecule has 1 atom stereocenters. The fourth-order valence-electron chi connectivity index (χ4n) is 2.37. The number of amides is 2. The molecule has 1 aliphatic rings. The quantitative estimate of drug-likeness (QED) is 0.657. The van der Waals surface area contributed by atoms with Crippen LogP contribution in [0.2, 0.25) is 0 Å². The lowest BCUT2D eigenvalue weighted by Crippen LogP contribution is -2.35. The first-order valence-electron chi connectivity index (χ1n) is 8.36. The summed E-state index contributed by atoms with van der Waals surface area (Å²) in [5.74, 6) is -0.524. The number of carbonyl (C=O) groups excluding carboxylic acids is 3. The predicted octanol–water partition coefficient (Wildman–Crippen LogP) is 2.48. The second-order valence-electron chi connectivity index (χ2n) is 5.88. The average Bonchev–Trinajstić information content (AvgIpc) is 3.14. The van der Waals surface area contributed by atoms with Crippen molar-refractivity contribution in [2.45, 2.75) is 13.0 Å². The Balaban J connectivity index is 1.46. The van der Waals surface area contributed by atoms with E-state index in [-0.39, 0.29) is 13.3 Å². The maximum absolute atomic E-state index is 12.2. The van der Waals surface area contributed by atoms with Crippen molar-refractivity contribution in [2.24, 2.45) is 0 Å². The smallest absolute Gasteiger partial charge is 0.326 e. The van der Waals surface area contributed by atoms with E-state index in [1.165, 1.54) is 6.92 Å². The molecule has 0 aliphatic carbocycles. The van der Waals surface area contributed by atoms with Gasteiger partial charge in [-0.15, -0.1) is 0 Å². The maximum atomic E-state index is 12.2. The van der Waals surface area contributed by atoms with Crippen LogP contribution in [0.15, 0.2) is 46.9 Å². The minimum absolute atomic E-state index is 0.132. The molecule has 0 saturated carbocycles. The molecule has 1 heterocycles. The van der Waals surface area contributed by atoms with Crippen LogP contribution in [0, 0.1) is 0 Å². The van der Waals surface area contributed by atoms with Crippen molar-refractivity contribution >= 4 is 39.4 Å². The summed E-state index contributed by atoms with van der Waals surface area (Å²) in [5.41, 5.74) is 0.894. The Morgan fingerprint density at radius 2 is 1.82 bits per heavy atom. The van der Waals surface area contributed by atoms with Gasteiger partial charge in [-0.2, -0.15) is 0 Å². The van der Waals surface area contributed by atoms with Gasteiger partial charge >= 0.3 is 5.97 Å². The molecule has 1 unspecified atom stereocenters. The fraction of sp³-hybridized carbons (Fsp3) is 0.211. The zero-order chi connectivity index (χ0) is 20.1. The molecular weight excluding hydrogens is 432 g/mol. The third kappa shape index (κ3) is 5.01. The van der Waals surface area contributed by atoms with Crippen LogP contribution in [0.25, 0.3) is 0 Å². The summed E-state index contributed by atoms with van der Waals surface area (Å²) in [6.45, 7) is 1.22. The summed E-state index contributed by atoms with van der Waals surface area (Å²) in [5, 5.41) is 5.08. The molecule has 0 saturated heterocycles. The topological polar surface area (TPSA) is 103 Å². The van der Waals surface area contributed by atoms with E-state index in [1.807, 2.05) is 0 Å². The largest absolute Gasteiger partial charge is 0.454 e. The van der Waals surface area contributed by atoms with Crippen molar-refractivity contribution in [3.63, 3.8) is 0 Å². The Morgan fingerprint density at radius 1 is 1.11 bits per heavy atom. The average molecular weight is 449 g/mol. The standard InChI is InChI=1S/C19H17BrN2O6/c1-11(18(24)22-14-6-7-15-16(8-14)27-10-26-15)28-17(23)9-21-19(25)12-2-4-13(20)5-3-12/h2-8,11H,9-10H2,1H3,(H,21,25)(H,22,24). The Morgan fingerprint density at radius 3 is 2.57 bits per heavy atom. The third-order valence-corrected chi connectivity index (χ3v) is 4.35. The normalized spacial score (nSPS) is 12.8. The van der Waals surface area contributed by atoms with Crippen molar-refractivity contribution in [3.8, 4) is 11.5 Å². The van der Waals surface area contributed by atoms with Gasteiger partial charge in [-0.3, -0.25) is 14.4 Å². The molecule has 2 N–H and O–H groups in total. The number of benzene rings is 2. The van der Waals surface area contributed by atoms with Gasteiger partial charge in [0, 0.05) is 21.8 Å². The summed E-state index contributed by atoms with van der Waals surface area (Å²) in [6, 6.07) is 11.6. The summed E-state index contributed by atoms with van der Waals surface area (Å²) in [4.78, 5) is 36.1. The molecule has 146 valence electrons. The highest BCUT2D eigenvalue weighted by Crippen LogP contribution is 2.34. The van der Waals surface area contributed by atoms with E-state index in [9.17, 15) is 14.4 Å². The number of hydrogen-bond donors (Lipinski definition) is 2. The molecule has 0 spiro atoms. The van der Waals surface area contributed by atoms with Crippen molar-refractivity contribution in [3.05, 3.63) is 52.5 Å². The van der Waals surface area contributed by atoms with Gasteiger partial charge in [0.25, 0.3) is 11.8 Å². The van der Waals surface area contributed by atoms with Crippen LogP contribution in [0.3, 0.4) is 0 Å². The lowest BCUT2D eigenvalue weighted by Gasteiger charge is -2.14. The molecule has 0 bridgehead atoms. The number of hydrogen-bond acceptors (Lipinski definition) is 6. The molecule has 2 aromatic rings. The highest BCUT2D eigenvalue weighted by molar-refractivity contribution is 9.10. The lowest BCUT2D eigenvalue weighted by molar-refractivity contribution is -0.152. The van der Waals surface area contributed by atoms with Gasteiger partial charge in [-0.05, 0) is 43.3 Å². The Kier molecular flexibility index (Phi) is 6.15. The highest BCUT2D eigenvalue weighted by Gasteiger charge is 2.20. The highest BCUT2D eigenvalue weighted by atomic mass is 79.9.